The summed E-state index contributed by atoms with van der Waals surface area (Å²) in [6.07, 6.45) is 0.834. The van der Waals surface area contributed by atoms with Crippen LogP contribution in [0, 0.1) is 6.92 Å². The standard InChI is InChI=1S/C9H10O2.C8H10N2O/c10-9(11)7-6-8-4-2-1-3-5-8;1-6-4-2-3-5-7(6)8(11)10-9/h1-5H,6-7H2,(H,10,11);2-5H,9H2,1H3,(H,10,11). The van der Waals surface area contributed by atoms with E-state index < -0.39 is 5.97 Å². The Hall–Kier alpha value is -2.66. The van der Waals surface area contributed by atoms with Crippen molar-refractivity contribution in [3.63, 3.8) is 0 Å². The smallest absolute Gasteiger partial charge is 0.303 e. The predicted molar refractivity (Wildman–Crippen MR) is 85.2 cm³/mol. The summed E-state index contributed by atoms with van der Waals surface area (Å²) in [7, 11) is 0. The van der Waals surface area contributed by atoms with Crippen LogP contribution in [0.5, 0.6) is 0 Å². The fourth-order valence-electron chi connectivity index (χ4n) is 1.80. The molecule has 5 heteroatoms. The molecule has 0 heterocycles. The predicted octanol–water partition coefficient (Wildman–Crippen LogP) is 2.30. The van der Waals surface area contributed by atoms with Crippen LogP contribution in [0.4, 0.5) is 0 Å². The molecular weight excluding hydrogens is 280 g/mol. The highest BCUT2D eigenvalue weighted by Gasteiger charge is 2.04. The minimum absolute atomic E-state index is 0.212. The Bertz CT molecular complexity index is 612. The van der Waals surface area contributed by atoms with E-state index in [1.807, 2.05) is 49.4 Å². The van der Waals surface area contributed by atoms with Crippen molar-refractivity contribution in [1.29, 1.82) is 0 Å². The molecule has 0 spiro atoms. The van der Waals surface area contributed by atoms with Crippen molar-refractivity contribution in [2.75, 3.05) is 0 Å². The first-order valence-corrected chi connectivity index (χ1v) is 6.87. The fourth-order valence-corrected chi connectivity index (χ4v) is 1.80. The minimum atomic E-state index is -0.742. The van der Waals surface area contributed by atoms with Gasteiger partial charge in [0.1, 0.15) is 0 Å². The van der Waals surface area contributed by atoms with Gasteiger partial charge in [-0.3, -0.25) is 15.0 Å². The zero-order chi connectivity index (χ0) is 16.4. The number of aryl methyl sites for hydroxylation is 2. The van der Waals surface area contributed by atoms with E-state index in [-0.39, 0.29) is 12.3 Å². The van der Waals surface area contributed by atoms with Crippen molar-refractivity contribution in [3.8, 4) is 0 Å². The van der Waals surface area contributed by atoms with Gasteiger partial charge >= 0.3 is 5.97 Å². The number of carbonyl (C=O) groups is 2. The van der Waals surface area contributed by atoms with Crippen LogP contribution in [-0.4, -0.2) is 17.0 Å². The third-order valence-electron chi connectivity index (χ3n) is 2.99. The van der Waals surface area contributed by atoms with E-state index in [0.717, 1.165) is 11.1 Å². The lowest BCUT2D eigenvalue weighted by molar-refractivity contribution is -0.136. The fraction of sp³-hybridized carbons (Fsp3) is 0.176. The van der Waals surface area contributed by atoms with Crippen LogP contribution < -0.4 is 11.3 Å². The highest BCUT2D eigenvalue weighted by molar-refractivity contribution is 5.95. The average Bonchev–Trinajstić information content (AvgIpc) is 2.54. The SMILES string of the molecule is Cc1ccccc1C(=O)NN.O=C(O)CCc1ccccc1. The molecule has 0 aromatic heterocycles. The van der Waals surface area contributed by atoms with Crippen molar-refractivity contribution < 1.29 is 14.7 Å². The minimum Gasteiger partial charge on any atom is -0.481 e. The van der Waals surface area contributed by atoms with Crippen molar-refractivity contribution in [2.24, 2.45) is 5.84 Å². The van der Waals surface area contributed by atoms with Crippen molar-refractivity contribution in [2.45, 2.75) is 19.8 Å². The number of hydrogen-bond donors (Lipinski definition) is 3. The molecule has 0 saturated carbocycles. The number of hydrogen-bond acceptors (Lipinski definition) is 3. The number of nitrogens with one attached hydrogen (secondary N) is 1. The molecule has 22 heavy (non-hydrogen) atoms. The van der Waals surface area contributed by atoms with E-state index in [0.29, 0.717) is 12.0 Å². The number of carboxylic acid groups (broad SMARTS) is 1. The first-order chi connectivity index (χ1) is 10.5. The summed E-state index contributed by atoms with van der Waals surface area (Å²) in [5.41, 5.74) is 4.71. The molecule has 0 aliphatic carbocycles. The molecule has 0 aliphatic heterocycles. The molecule has 1 amide bonds. The molecule has 116 valence electrons. The van der Waals surface area contributed by atoms with Crippen LogP contribution in [0.3, 0.4) is 0 Å². The lowest BCUT2D eigenvalue weighted by atomic mass is 10.1. The first-order valence-electron chi connectivity index (χ1n) is 6.87. The number of hydrazine groups is 1. The number of amides is 1. The third kappa shape index (κ3) is 6.19. The lowest BCUT2D eigenvalue weighted by Crippen LogP contribution is -2.30. The van der Waals surface area contributed by atoms with Gasteiger partial charge < -0.3 is 5.11 Å². The van der Waals surface area contributed by atoms with Crippen LogP contribution >= 0.6 is 0 Å². The van der Waals surface area contributed by atoms with Gasteiger partial charge in [0.25, 0.3) is 5.91 Å². The monoisotopic (exact) mass is 300 g/mol. The zero-order valence-corrected chi connectivity index (χ0v) is 12.5. The van der Waals surface area contributed by atoms with Crippen molar-refractivity contribution >= 4 is 11.9 Å². The summed E-state index contributed by atoms with van der Waals surface area (Å²) in [6.45, 7) is 1.87. The van der Waals surface area contributed by atoms with E-state index in [4.69, 9.17) is 10.9 Å². The number of benzene rings is 2. The highest BCUT2D eigenvalue weighted by Crippen LogP contribution is 2.05. The van der Waals surface area contributed by atoms with E-state index in [2.05, 4.69) is 5.43 Å². The van der Waals surface area contributed by atoms with Gasteiger partial charge in [-0.05, 0) is 30.5 Å². The van der Waals surface area contributed by atoms with Gasteiger partial charge in [-0.15, -0.1) is 0 Å². The molecule has 5 nitrogen and oxygen atoms in total. The normalized spacial score (nSPS) is 9.36. The molecule has 2 rings (SSSR count). The maximum absolute atomic E-state index is 11.0. The molecule has 0 saturated heterocycles. The van der Waals surface area contributed by atoms with Gasteiger partial charge in [0.05, 0.1) is 0 Å². The molecule has 4 N–H and O–H groups in total. The maximum Gasteiger partial charge on any atom is 0.303 e. The number of nitrogen functional groups attached to an aromatic ring is 1. The summed E-state index contributed by atoms with van der Waals surface area (Å²) in [5, 5.41) is 8.37. The summed E-state index contributed by atoms with van der Waals surface area (Å²) < 4.78 is 0. The molecular formula is C17H20N2O3. The summed E-state index contributed by atoms with van der Waals surface area (Å²) in [5.74, 6) is 3.98. The van der Waals surface area contributed by atoms with E-state index in [1.54, 1.807) is 12.1 Å². The van der Waals surface area contributed by atoms with Crippen molar-refractivity contribution in [1.82, 2.24) is 5.43 Å². The number of nitrogens with two attached hydrogens (primary N) is 1. The second-order valence-electron chi connectivity index (χ2n) is 4.67. The Kier molecular flexibility index (Phi) is 7.36. The Labute approximate surface area is 129 Å². The van der Waals surface area contributed by atoms with Gasteiger partial charge in [0.2, 0.25) is 0 Å². The summed E-state index contributed by atoms with van der Waals surface area (Å²) >= 11 is 0. The quantitative estimate of drug-likeness (QED) is 0.459. The van der Waals surface area contributed by atoms with Crippen LogP contribution in [0.25, 0.3) is 0 Å². The molecule has 2 aromatic carbocycles. The lowest BCUT2D eigenvalue weighted by Gasteiger charge is -2.01. The van der Waals surface area contributed by atoms with Crippen LogP contribution in [-0.2, 0) is 11.2 Å². The van der Waals surface area contributed by atoms with Crippen LogP contribution in [0.1, 0.15) is 27.9 Å². The van der Waals surface area contributed by atoms with Crippen LogP contribution in [0.15, 0.2) is 54.6 Å². The topological polar surface area (TPSA) is 92.4 Å². The molecule has 0 atom stereocenters. The Balaban J connectivity index is 0.000000220. The second kappa shape index (κ2) is 9.31. The number of aliphatic carboxylic acids is 1. The Morgan fingerprint density at radius 3 is 2.18 bits per heavy atom. The third-order valence-corrected chi connectivity index (χ3v) is 2.99. The molecule has 0 unspecified atom stereocenters. The van der Waals surface area contributed by atoms with Crippen LogP contribution in [0.2, 0.25) is 0 Å². The zero-order valence-electron chi connectivity index (χ0n) is 12.5. The second-order valence-corrected chi connectivity index (χ2v) is 4.67. The molecule has 0 bridgehead atoms. The van der Waals surface area contributed by atoms with E-state index in [9.17, 15) is 9.59 Å². The molecule has 0 aliphatic rings. The number of carbonyl (C=O) groups excluding carboxylic acids is 1. The van der Waals surface area contributed by atoms with E-state index >= 15 is 0 Å². The number of rotatable bonds is 4. The first kappa shape index (κ1) is 17.4. The highest BCUT2D eigenvalue weighted by atomic mass is 16.4. The summed E-state index contributed by atoms with van der Waals surface area (Å²) in [6, 6.07) is 16.9. The number of carboxylic acids is 1. The van der Waals surface area contributed by atoms with Crippen molar-refractivity contribution in [3.05, 3.63) is 71.3 Å². The van der Waals surface area contributed by atoms with Gasteiger partial charge in [-0.1, -0.05) is 48.5 Å². The summed E-state index contributed by atoms with van der Waals surface area (Å²) in [4.78, 5) is 21.2. The van der Waals surface area contributed by atoms with E-state index in [1.165, 1.54) is 0 Å². The van der Waals surface area contributed by atoms with Gasteiger partial charge in [0.15, 0.2) is 0 Å². The van der Waals surface area contributed by atoms with Gasteiger partial charge in [-0.2, -0.15) is 0 Å². The van der Waals surface area contributed by atoms with Gasteiger partial charge in [0, 0.05) is 12.0 Å². The maximum atomic E-state index is 11.0. The molecule has 0 fully saturated rings. The Morgan fingerprint density at radius 1 is 1.05 bits per heavy atom. The van der Waals surface area contributed by atoms with Gasteiger partial charge in [-0.25, -0.2) is 5.84 Å². The largest absolute Gasteiger partial charge is 0.481 e. The molecule has 2 aromatic rings. The Morgan fingerprint density at radius 2 is 1.64 bits per heavy atom. The average molecular weight is 300 g/mol. The molecule has 0 radical (unpaired) electrons.